The Kier molecular flexibility index (Phi) is 6.21. The summed E-state index contributed by atoms with van der Waals surface area (Å²) < 4.78 is 0. The van der Waals surface area contributed by atoms with Gasteiger partial charge in [0.1, 0.15) is 5.97 Å². The summed E-state index contributed by atoms with van der Waals surface area (Å²) in [7, 11) is 0. The van der Waals surface area contributed by atoms with Crippen LogP contribution in [0.25, 0.3) is 0 Å². The van der Waals surface area contributed by atoms with E-state index in [1.54, 1.807) is 11.4 Å². The average molecular weight is 239 g/mol. The number of terminal acetylenes is 1. The first kappa shape index (κ1) is 15.4. The van der Waals surface area contributed by atoms with Crippen LogP contribution in [0.5, 0.6) is 0 Å². The average Bonchev–Trinajstić information content (AvgIpc) is 2.28. The van der Waals surface area contributed by atoms with Crippen molar-refractivity contribution >= 4 is 17.8 Å². The Hall–Kier alpha value is -1.61. The standard InChI is InChI=1S/C11H7NO4.Na/c1-2-7-4-3-5-8(6-7)9(13)12-10(14)11(15)16;/h1,3-6H,(H,15,16)(H,12,13,14);/q;+1/p-1. The second kappa shape index (κ2) is 6.86. The molecule has 0 saturated heterocycles. The first-order valence-electron chi connectivity index (χ1n) is 4.18. The van der Waals surface area contributed by atoms with Gasteiger partial charge >= 0.3 is 29.6 Å². The van der Waals surface area contributed by atoms with Crippen LogP contribution in [-0.2, 0) is 9.59 Å². The molecule has 0 radical (unpaired) electrons. The molecular weight excluding hydrogens is 233 g/mol. The number of carboxylic acids is 1. The van der Waals surface area contributed by atoms with Crippen LogP contribution in [0.15, 0.2) is 24.3 Å². The first-order chi connectivity index (χ1) is 7.54. The predicted octanol–water partition coefficient (Wildman–Crippen LogP) is -4.32. The van der Waals surface area contributed by atoms with E-state index < -0.39 is 17.8 Å². The summed E-state index contributed by atoms with van der Waals surface area (Å²) in [6, 6.07) is 5.88. The van der Waals surface area contributed by atoms with Crippen molar-refractivity contribution in [3.63, 3.8) is 0 Å². The fraction of sp³-hybridized carbons (Fsp3) is 0. The Morgan fingerprint density at radius 1 is 1.29 bits per heavy atom. The summed E-state index contributed by atoms with van der Waals surface area (Å²) >= 11 is 0. The molecule has 5 nitrogen and oxygen atoms in total. The number of imide groups is 1. The second-order valence-electron chi connectivity index (χ2n) is 2.80. The Morgan fingerprint density at radius 2 is 1.94 bits per heavy atom. The molecule has 6 heteroatoms. The van der Waals surface area contributed by atoms with Crippen LogP contribution in [-0.4, -0.2) is 17.8 Å². The van der Waals surface area contributed by atoms with Gasteiger partial charge in [0.15, 0.2) is 0 Å². The molecule has 1 rings (SSSR count). The normalized spacial score (nSPS) is 8.41. The minimum absolute atomic E-state index is 0. The maximum atomic E-state index is 11.3. The molecule has 0 atom stereocenters. The van der Waals surface area contributed by atoms with Gasteiger partial charge in [-0.25, -0.2) is 0 Å². The van der Waals surface area contributed by atoms with Crippen molar-refractivity contribution in [3.05, 3.63) is 35.4 Å². The van der Waals surface area contributed by atoms with E-state index in [4.69, 9.17) is 6.42 Å². The maximum absolute atomic E-state index is 11.3. The van der Waals surface area contributed by atoms with E-state index in [0.29, 0.717) is 5.56 Å². The monoisotopic (exact) mass is 239 g/mol. The number of hydrogen-bond acceptors (Lipinski definition) is 4. The Morgan fingerprint density at radius 3 is 2.47 bits per heavy atom. The van der Waals surface area contributed by atoms with Crippen LogP contribution in [0.3, 0.4) is 0 Å². The third-order valence-electron chi connectivity index (χ3n) is 1.70. The molecule has 1 aromatic carbocycles. The van der Waals surface area contributed by atoms with Gasteiger partial charge in [-0.2, -0.15) is 0 Å². The third kappa shape index (κ3) is 4.41. The SMILES string of the molecule is C#Cc1cccc(C(=O)NC(=O)C(=O)[O-])c1.[Na+]. The molecule has 0 bridgehead atoms. The molecular formula is C11H6NNaO4. The zero-order valence-corrected chi connectivity index (χ0v) is 11.0. The number of benzene rings is 1. The van der Waals surface area contributed by atoms with Crippen molar-refractivity contribution in [2.24, 2.45) is 0 Å². The number of carboxylic acid groups (broad SMARTS) is 1. The van der Waals surface area contributed by atoms with Gasteiger partial charge < -0.3 is 9.90 Å². The fourth-order valence-electron chi connectivity index (χ4n) is 0.977. The molecule has 0 aromatic heterocycles. The minimum atomic E-state index is -1.97. The molecule has 0 aliphatic carbocycles. The van der Waals surface area contributed by atoms with Gasteiger partial charge in [-0.15, -0.1) is 6.42 Å². The topological polar surface area (TPSA) is 86.3 Å². The molecule has 0 heterocycles. The number of hydrogen-bond donors (Lipinski definition) is 1. The molecule has 80 valence electrons. The van der Waals surface area contributed by atoms with Crippen molar-refractivity contribution < 1.29 is 49.0 Å². The quantitative estimate of drug-likeness (QED) is 0.305. The van der Waals surface area contributed by atoms with Crippen molar-refractivity contribution in [1.29, 1.82) is 0 Å². The summed E-state index contributed by atoms with van der Waals surface area (Å²) in [6.45, 7) is 0. The van der Waals surface area contributed by atoms with Gasteiger partial charge in [0.25, 0.3) is 11.8 Å². The van der Waals surface area contributed by atoms with E-state index in [-0.39, 0.29) is 35.1 Å². The fourth-order valence-corrected chi connectivity index (χ4v) is 0.977. The Bertz CT molecular complexity index is 504. The summed E-state index contributed by atoms with van der Waals surface area (Å²) in [5.41, 5.74) is 0.554. The maximum Gasteiger partial charge on any atom is 1.00 e. The van der Waals surface area contributed by atoms with Crippen LogP contribution < -0.4 is 40.0 Å². The smallest absolute Gasteiger partial charge is 0.540 e. The molecule has 0 fully saturated rings. The number of rotatable bonds is 1. The van der Waals surface area contributed by atoms with E-state index in [2.05, 4.69) is 5.92 Å². The van der Waals surface area contributed by atoms with Gasteiger partial charge in [0.2, 0.25) is 0 Å². The van der Waals surface area contributed by atoms with Gasteiger partial charge in [-0.05, 0) is 18.2 Å². The summed E-state index contributed by atoms with van der Waals surface area (Å²) in [4.78, 5) is 32.1. The Labute approximate surface area is 119 Å². The molecule has 0 saturated carbocycles. The van der Waals surface area contributed by atoms with Crippen molar-refractivity contribution in [2.75, 3.05) is 0 Å². The molecule has 0 spiro atoms. The number of nitrogens with one attached hydrogen (secondary N) is 1. The number of aliphatic carboxylic acids is 1. The van der Waals surface area contributed by atoms with Crippen LogP contribution in [0.1, 0.15) is 15.9 Å². The third-order valence-corrected chi connectivity index (χ3v) is 1.70. The van der Waals surface area contributed by atoms with Gasteiger partial charge in [0.05, 0.1) is 0 Å². The van der Waals surface area contributed by atoms with E-state index >= 15 is 0 Å². The number of amides is 2. The number of carbonyl (C=O) groups excluding carboxylic acids is 3. The molecule has 0 aliphatic heterocycles. The van der Waals surface area contributed by atoms with Crippen molar-refractivity contribution in [2.45, 2.75) is 0 Å². The molecule has 17 heavy (non-hydrogen) atoms. The van der Waals surface area contributed by atoms with E-state index in [0.717, 1.165) is 0 Å². The molecule has 0 aliphatic rings. The minimum Gasteiger partial charge on any atom is -0.540 e. The largest absolute Gasteiger partial charge is 1.00 e. The molecule has 0 unspecified atom stereocenters. The summed E-state index contributed by atoms with van der Waals surface area (Å²) in [6.07, 6.45) is 5.12. The molecule has 1 N–H and O–H groups in total. The van der Waals surface area contributed by atoms with Gasteiger partial charge in [0, 0.05) is 11.1 Å². The van der Waals surface area contributed by atoms with E-state index in [9.17, 15) is 19.5 Å². The van der Waals surface area contributed by atoms with Crippen molar-refractivity contribution in [1.82, 2.24) is 5.32 Å². The Balaban J connectivity index is 0.00000256. The van der Waals surface area contributed by atoms with E-state index in [1.165, 1.54) is 18.2 Å². The first-order valence-corrected chi connectivity index (χ1v) is 4.18. The van der Waals surface area contributed by atoms with Crippen molar-refractivity contribution in [3.8, 4) is 12.3 Å². The molecule has 1 aromatic rings. The van der Waals surface area contributed by atoms with E-state index in [1.807, 2.05) is 0 Å². The zero-order valence-electron chi connectivity index (χ0n) is 9.02. The zero-order chi connectivity index (χ0) is 12.1. The van der Waals surface area contributed by atoms with Gasteiger partial charge in [-0.3, -0.25) is 14.9 Å². The van der Waals surface area contributed by atoms with Crippen LogP contribution in [0.4, 0.5) is 0 Å². The van der Waals surface area contributed by atoms with Crippen LogP contribution in [0, 0.1) is 12.3 Å². The summed E-state index contributed by atoms with van der Waals surface area (Å²) in [5.74, 6) is -2.00. The second-order valence-corrected chi connectivity index (χ2v) is 2.80. The van der Waals surface area contributed by atoms with Crippen LogP contribution >= 0.6 is 0 Å². The predicted molar refractivity (Wildman–Crippen MR) is 51.9 cm³/mol. The number of carbonyl (C=O) groups is 3. The summed E-state index contributed by atoms with van der Waals surface area (Å²) in [5, 5.41) is 11.7. The van der Waals surface area contributed by atoms with Gasteiger partial charge in [-0.1, -0.05) is 12.0 Å². The van der Waals surface area contributed by atoms with Crippen LogP contribution in [0.2, 0.25) is 0 Å². The molecule has 2 amide bonds.